The molecule has 0 aliphatic carbocycles. The monoisotopic (exact) mass is 374 g/mol. The average molecular weight is 375 g/mol. The highest BCUT2D eigenvalue weighted by Gasteiger charge is 2.17. The lowest BCUT2D eigenvalue weighted by Crippen LogP contribution is -2.21. The summed E-state index contributed by atoms with van der Waals surface area (Å²) in [7, 11) is 1.55. The number of ether oxygens (including phenoxy) is 1. The largest absolute Gasteiger partial charge is 0.476 e. The molecular weight excluding hydrogens is 359 g/mol. The number of nitrogens with zero attached hydrogens (tertiary/aromatic N) is 4. The molecule has 26 heavy (non-hydrogen) atoms. The maximum absolute atomic E-state index is 14.1. The van der Waals surface area contributed by atoms with Crippen molar-refractivity contribution in [2.75, 3.05) is 6.61 Å². The molecule has 0 saturated carbocycles. The Morgan fingerprint density at radius 2 is 2.08 bits per heavy atom. The van der Waals surface area contributed by atoms with E-state index in [2.05, 4.69) is 4.98 Å². The fourth-order valence-corrected chi connectivity index (χ4v) is 2.79. The van der Waals surface area contributed by atoms with Gasteiger partial charge < -0.3 is 4.74 Å². The van der Waals surface area contributed by atoms with Crippen molar-refractivity contribution in [3.63, 3.8) is 0 Å². The lowest BCUT2D eigenvalue weighted by atomic mass is 10.2. The zero-order chi connectivity index (χ0) is 19.0. The molecule has 0 aliphatic heterocycles. The van der Waals surface area contributed by atoms with Crippen LogP contribution in [-0.2, 0) is 7.05 Å². The molecule has 0 saturated heterocycles. The third-order valence-electron chi connectivity index (χ3n) is 3.87. The van der Waals surface area contributed by atoms with Crippen molar-refractivity contribution in [1.82, 2.24) is 14.1 Å². The molecule has 8 heteroatoms. The van der Waals surface area contributed by atoms with Crippen LogP contribution in [0.3, 0.4) is 0 Å². The first kappa shape index (κ1) is 18.0. The Bertz CT molecular complexity index is 1100. The zero-order valence-electron chi connectivity index (χ0n) is 14.5. The van der Waals surface area contributed by atoms with E-state index in [1.165, 1.54) is 21.4 Å². The number of imidazole rings is 1. The van der Waals surface area contributed by atoms with Crippen LogP contribution in [-0.4, -0.2) is 20.7 Å². The Labute approximate surface area is 154 Å². The van der Waals surface area contributed by atoms with E-state index in [1.807, 2.05) is 13.8 Å². The molecule has 134 valence electrons. The Morgan fingerprint density at radius 1 is 1.35 bits per heavy atom. The summed E-state index contributed by atoms with van der Waals surface area (Å²) in [4.78, 5) is 16.8. The number of fused-ring (bicyclic) bond motifs is 1. The van der Waals surface area contributed by atoms with E-state index in [4.69, 9.17) is 21.6 Å². The van der Waals surface area contributed by atoms with Gasteiger partial charge in [-0.2, -0.15) is 5.26 Å². The third-order valence-corrected chi connectivity index (χ3v) is 4.14. The molecule has 3 rings (SSSR count). The van der Waals surface area contributed by atoms with Crippen LogP contribution >= 0.6 is 11.6 Å². The number of rotatable bonds is 4. The smallest absolute Gasteiger partial charge is 0.333 e. The summed E-state index contributed by atoms with van der Waals surface area (Å²) < 4.78 is 22.2. The van der Waals surface area contributed by atoms with Gasteiger partial charge in [-0.1, -0.05) is 25.4 Å². The van der Waals surface area contributed by atoms with Gasteiger partial charge in [0.2, 0.25) is 5.88 Å². The van der Waals surface area contributed by atoms with Crippen molar-refractivity contribution >= 4 is 22.6 Å². The van der Waals surface area contributed by atoms with E-state index in [1.54, 1.807) is 19.2 Å². The van der Waals surface area contributed by atoms with E-state index in [0.29, 0.717) is 29.2 Å². The van der Waals surface area contributed by atoms with Crippen LogP contribution in [0.2, 0.25) is 5.02 Å². The summed E-state index contributed by atoms with van der Waals surface area (Å²) in [6.07, 6.45) is 1.44. The minimum absolute atomic E-state index is 0.126. The summed E-state index contributed by atoms with van der Waals surface area (Å²) in [5, 5.41) is 9.24. The van der Waals surface area contributed by atoms with E-state index in [0.717, 1.165) is 6.07 Å². The van der Waals surface area contributed by atoms with Crippen molar-refractivity contribution in [2.24, 2.45) is 13.0 Å². The van der Waals surface area contributed by atoms with Gasteiger partial charge in [0.1, 0.15) is 16.9 Å². The lowest BCUT2D eigenvalue weighted by Gasteiger charge is -2.10. The lowest BCUT2D eigenvalue weighted by molar-refractivity contribution is 0.261. The molecule has 0 atom stereocenters. The highest BCUT2D eigenvalue weighted by atomic mass is 35.5. The van der Waals surface area contributed by atoms with Crippen LogP contribution in [0, 0.1) is 23.1 Å². The van der Waals surface area contributed by atoms with Gasteiger partial charge in [0, 0.05) is 13.1 Å². The molecule has 3 aromatic rings. The predicted octanol–water partition coefficient (Wildman–Crippen LogP) is 3.42. The third kappa shape index (κ3) is 3.04. The van der Waals surface area contributed by atoms with Crippen LogP contribution in [0.4, 0.5) is 4.39 Å². The van der Waals surface area contributed by atoms with E-state index in [9.17, 15) is 9.18 Å². The normalized spacial score (nSPS) is 11.1. The Kier molecular flexibility index (Phi) is 4.70. The summed E-state index contributed by atoms with van der Waals surface area (Å²) >= 11 is 6.23. The molecule has 0 amide bonds. The van der Waals surface area contributed by atoms with E-state index >= 15 is 0 Å². The van der Waals surface area contributed by atoms with Crippen LogP contribution < -0.4 is 10.4 Å². The molecule has 6 nitrogen and oxygen atoms in total. The quantitative estimate of drug-likeness (QED) is 0.701. The number of aryl methyl sites for hydroxylation is 1. The Morgan fingerprint density at radius 3 is 2.69 bits per heavy atom. The first-order valence-electron chi connectivity index (χ1n) is 7.93. The molecule has 0 N–H and O–H groups in total. The summed E-state index contributed by atoms with van der Waals surface area (Å²) in [5.41, 5.74) is 0.612. The highest BCUT2D eigenvalue weighted by Crippen LogP contribution is 2.26. The van der Waals surface area contributed by atoms with Gasteiger partial charge in [-0.25, -0.2) is 14.2 Å². The number of nitriles is 1. The van der Waals surface area contributed by atoms with Gasteiger partial charge in [-0.15, -0.1) is 0 Å². The van der Waals surface area contributed by atoms with Crippen LogP contribution in [0.25, 0.3) is 16.7 Å². The summed E-state index contributed by atoms with van der Waals surface area (Å²) in [6, 6.07) is 5.82. The number of hydrogen-bond acceptors (Lipinski definition) is 4. The van der Waals surface area contributed by atoms with Crippen molar-refractivity contribution in [1.29, 1.82) is 5.26 Å². The van der Waals surface area contributed by atoms with Crippen molar-refractivity contribution in [3.05, 3.63) is 51.3 Å². The fraction of sp³-hybridized carbons (Fsp3) is 0.278. The number of pyridine rings is 1. The first-order valence-corrected chi connectivity index (χ1v) is 8.31. The highest BCUT2D eigenvalue weighted by molar-refractivity contribution is 6.32. The molecule has 2 aromatic heterocycles. The second-order valence-electron chi connectivity index (χ2n) is 6.29. The minimum atomic E-state index is -0.699. The van der Waals surface area contributed by atoms with Gasteiger partial charge in [0.05, 0.1) is 35.1 Å². The maximum Gasteiger partial charge on any atom is 0.333 e. The standard InChI is InChI=1S/C18H16ClFN4O2/c1-10(2)9-26-17-13(19)5-12(8-22-17)24-16-6-14(20)11(7-21)4-15(16)23(3)18(24)25/h4-6,8,10H,9H2,1-3H3. The summed E-state index contributed by atoms with van der Waals surface area (Å²) in [6.45, 7) is 4.46. The molecule has 0 radical (unpaired) electrons. The SMILES string of the molecule is CC(C)COc1ncc(-n2c(=O)n(C)c3cc(C#N)c(F)cc32)cc1Cl. The number of halogens is 2. The minimum Gasteiger partial charge on any atom is -0.476 e. The van der Waals surface area contributed by atoms with Crippen molar-refractivity contribution < 1.29 is 9.13 Å². The predicted molar refractivity (Wildman–Crippen MR) is 96.3 cm³/mol. The molecule has 1 aromatic carbocycles. The average Bonchev–Trinajstić information content (AvgIpc) is 2.83. The van der Waals surface area contributed by atoms with Crippen molar-refractivity contribution in [3.8, 4) is 17.6 Å². The molecule has 0 aliphatic rings. The molecule has 2 heterocycles. The van der Waals surface area contributed by atoms with Crippen LogP contribution in [0.15, 0.2) is 29.2 Å². The van der Waals surface area contributed by atoms with Gasteiger partial charge in [0.15, 0.2) is 0 Å². The number of hydrogen-bond donors (Lipinski definition) is 0. The Balaban J connectivity index is 2.15. The van der Waals surface area contributed by atoms with Gasteiger partial charge in [-0.3, -0.25) is 9.13 Å². The molecule has 0 fully saturated rings. The topological polar surface area (TPSA) is 72.8 Å². The van der Waals surface area contributed by atoms with Crippen LogP contribution in [0.5, 0.6) is 5.88 Å². The molecule has 0 spiro atoms. The second kappa shape index (κ2) is 6.81. The molecule has 0 bridgehead atoms. The molecule has 0 unspecified atom stereocenters. The zero-order valence-corrected chi connectivity index (χ0v) is 15.2. The van der Waals surface area contributed by atoms with E-state index in [-0.39, 0.29) is 16.5 Å². The number of benzene rings is 1. The maximum atomic E-state index is 14.1. The van der Waals surface area contributed by atoms with Crippen molar-refractivity contribution in [2.45, 2.75) is 13.8 Å². The van der Waals surface area contributed by atoms with Gasteiger partial charge in [-0.05, 0) is 18.1 Å². The van der Waals surface area contributed by atoms with Gasteiger partial charge >= 0.3 is 5.69 Å². The molecular formula is C18H16ClFN4O2. The summed E-state index contributed by atoms with van der Waals surface area (Å²) in [5.74, 6) is -0.115. The second-order valence-corrected chi connectivity index (χ2v) is 6.70. The van der Waals surface area contributed by atoms with Gasteiger partial charge in [0.25, 0.3) is 0 Å². The van der Waals surface area contributed by atoms with Crippen LogP contribution in [0.1, 0.15) is 19.4 Å². The first-order chi connectivity index (χ1) is 12.3. The van der Waals surface area contributed by atoms with E-state index < -0.39 is 11.5 Å². The number of aromatic nitrogens is 3. The fourth-order valence-electron chi connectivity index (χ4n) is 2.58. The Hall–Kier alpha value is -2.85.